The minimum atomic E-state index is -0.671. The highest BCUT2D eigenvalue weighted by Gasteiger charge is 2.34. The average molecular weight is 434 g/mol. The van der Waals surface area contributed by atoms with Crippen LogP contribution in [0.25, 0.3) is 11.0 Å². The Balaban J connectivity index is 1.70. The lowest BCUT2D eigenvalue weighted by atomic mass is 10.1. The monoisotopic (exact) mass is 434 g/mol. The number of aryl methyl sites for hydroxylation is 2. The van der Waals surface area contributed by atoms with E-state index in [4.69, 9.17) is 10.2 Å². The molecule has 0 saturated carbocycles. The van der Waals surface area contributed by atoms with Crippen LogP contribution >= 0.6 is 0 Å². The summed E-state index contributed by atoms with van der Waals surface area (Å²) in [6, 6.07) is 9.68. The van der Waals surface area contributed by atoms with Crippen molar-refractivity contribution in [2.75, 3.05) is 18.9 Å². The molecule has 1 aromatic heterocycles. The number of likely N-dealkylation sites (N-methyl/N-ethyl adjacent to an activating group) is 1. The molecule has 0 radical (unpaired) electrons. The first kappa shape index (κ1) is 21.1. The fraction of sp³-hybridized carbons (Fsp3) is 0.217. The van der Waals surface area contributed by atoms with Crippen molar-refractivity contribution in [3.8, 4) is 0 Å². The molecular weight excluding hydrogens is 412 g/mol. The molecular formula is C23H22N4O5. The Kier molecular flexibility index (Phi) is 5.17. The molecule has 2 heterocycles. The van der Waals surface area contributed by atoms with Gasteiger partial charge in [0.1, 0.15) is 12.1 Å². The number of furan rings is 1. The average Bonchev–Trinajstić information content (AvgIpc) is 3.21. The fourth-order valence-corrected chi connectivity index (χ4v) is 3.76. The van der Waals surface area contributed by atoms with Crippen molar-refractivity contribution < 1.29 is 23.6 Å². The highest BCUT2D eigenvalue weighted by Crippen LogP contribution is 2.29. The van der Waals surface area contributed by atoms with Gasteiger partial charge in [-0.25, -0.2) is 4.79 Å². The number of hydrogen-bond donors (Lipinski definition) is 2. The third kappa shape index (κ3) is 3.58. The molecule has 1 aliphatic heterocycles. The third-order valence-corrected chi connectivity index (χ3v) is 5.57. The van der Waals surface area contributed by atoms with E-state index in [2.05, 4.69) is 5.32 Å². The number of primary amides is 1. The van der Waals surface area contributed by atoms with E-state index in [1.54, 1.807) is 13.0 Å². The molecule has 1 aliphatic rings. The zero-order valence-corrected chi connectivity index (χ0v) is 17.9. The second-order valence-electron chi connectivity index (χ2n) is 7.82. The van der Waals surface area contributed by atoms with Gasteiger partial charge < -0.3 is 20.4 Å². The summed E-state index contributed by atoms with van der Waals surface area (Å²) in [4.78, 5) is 51.6. The standard InChI is InChI=1S/C23H22N4O5/c1-12-5-4-6-16-13(2)20(32-19(12)16)22(30)25-17-9-14(21(24)29)7-8-15(17)10-27-18(28)11-26(3)23(27)31/h4-9H,10-11H2,1-3H3,(H2,24,29)(H,25,30). The number of anilines is 1. The molecule has 1 fully saturated rings. The van der Waals surface area contributed by atoms with Crippen molar-refractivity contribution in [1.29, 1.82) is 0 Å². The molecule has 9 nitrogen and oxygen atoms in total. The summed E-state index contributed by atoms with van der Waals surface area (Å²) in [6.45, 7) is 3.60. The Morgan fingerprint density at radius 1 is 1.16 bits per heavy atom. The van der Waals surface area contributed by atoms with Crippen LogP contribution in [0.15, 0.2) is 40.8 Å². The van der Waals surface area contributed by atoms with E-state index in [0.29, 0.717) is 16.7 Å². The number of para-hydroxylation sites is 1. The molecule has 9 heteroatoms. The molecule has 0 atom stereocenters. The molecule has 3 N–H and O–H groups in total. The molecule has 1 saturated heterocycles. The quantitative estimate of drug-likeness (QED) is 0.597. The Bertz CT molecular complexity index is 1290. The fourth-order valence-electron chi connectivity index (χ4n) is 3.76. The van der Waals surface area contributed by atoms with Crippen LogP contribution in [0.2, 0.25) is 0 Å². The summed E-state index contributed by atoms with van der Waals surface area (Å²) in [5.74, 6) is -1.40. The Labute approximate surface area is 183 Å². The molecule has 164 valence electrons. The largest absolute Gasteiger partial charge is 0.450 e. The molecule has 0 bridgehead atoms. The molecule has 4 rings (SSSR count). The van der Waals surface area contributed by atoms with Gasteiger partial charge in [0.25, 0.3) is 11.8 Å². The Morgan fingerprint density at radius 3 is 2.53 bits per heavy atom. The predicted molar refractivity (Wildman–Crippen MR) is 117 cm³/mol. The van der Waals surface area contributed by atoms with Crippen molar-refractivity contribution in [2.45, 2.75) is 20.4 Å². The number of benzene rings is 2. The van der Waals surface area contributed by atoms with Gasteiger partial charge >= 0.3 is 6.03 Å². The topological polar surface area (TPSA) is 126 Å². The first-order chi connectivity index (χ1) is 15.2. The van der Waals surface area contributed by atoms with Gasteiger partial charge in [-0.05, 0) is 37.1 Å². The molecule has 0 aliphatic carbocycles. The van der Waals surface area contributed by atoms with Gasteiger partial charge in [0.05, 0.1) is 6.54 Å². The number of rotatable bonds is 5. The molecule has 5 amide bonds. The van der Waals surface area contributed by atoms with Crippen LogP contribution in [-0.4, -0.2) is 47.1 Å². The summed E-state index contributed by atoms with van der Waals surface area (Å²) in [5.41, 5.74) is 8.52. The van der Waals surface area contributed by atoms with E-state index in [-0.39, 0.29) is 36.0 Å². The Morgan fingerprint density at radius 2 is 1.91 bits per heavy atom. The molecule has 0 spiro atoms. The smallest absolute Gasteiger partial charge is 0.327 e. The van der Waals surface area contributed by atoms with Crippen LogP contribution < -0.4 is 11.1 Å². The Hall–Kier alpha value is -4.14. The maximum Gasteiger partial charge on any atom is 0.327 e. The SMILES string of the molecule is Cc1c(C(=O)Nc2cc(C(N)=O)ccc2CN2C(=O)CN(C)C2=O)oc2c(C)cccc12. The first-order valence-corrected chi connectivity index (χ1v) is 9.95. The lowest BCUT2D eigenvalue weighted by Crippen LogP contribution is -2.31. The van der Waals surface area contributed by atoms with E-state index in [0.717, 1.165) is 15.8 Å². The highest BCUT2D eigenvalue weighted by atomic mass is 16.3. The second kappa shape index (κ2) is 7.84. The number of nitrogens with two attached hydrogens (primary N) is 1. The lowest BCUT2D eigenvalue weighted by Gasteiger charge is -2.17. The molecule has 32 heavy (non-hydrogen) atoms. The summed E-state index contributed by atoms with van der Waals surface area (Å²) in [7, 11) is 1.53. The highest BCUT2D eigenvalue weighted by molar-refractivity contribution is 6.08. The second-order valence-corrected chi connectivity index (χ2v) is 7.82. The van der Waals surface area contributed by atoms with Crippen LogP contribution in [0.5, 0.6) is 0 Å². The number of hydrogen-bond acceptors (Lipinski definition) is 5. The molecule has 0 unspecified atom stereocenters. The number of imide groups is 1. The van der Waals surface area contributed by atoms with E-state index in [1.807, 2.05) is 25.1 Å². The van der Waals surface area contributed by atoms with E-state index < -0.39 is 17.8 Å². The van der Waals surface area contributed by atoms with Crippen LogP contribution in [0.4, 0.5) is 10.5 Å². The number of carbonyl (C=O) groups excluding carboxylic acids is 4. The van der Waals surface area contributed by atoms with Gasteiger partial charge in [-0.1, -0.05) is 24.3 Å². The van der Waals surface area contributed by atoms with Gasteiger partial charge in [-0.2, -0.15) is 0 Å². The maximum atomic E-state index is 13.1. The summed E-state index contributed by atoms with van der Waals surface area (Å²) in [6.07, 6.45) is 0. The van der Waals surface area contributed by atoms with Gasteiger partial charge in [-0.3, -0.25) is 19.3 Å². The number of urea groups is 1. The van der Waals surface area contributed by atoms with Crippen LogP contribution in [-0.2, 0) is 11.3 Å². The minimum Gasteiger partial charge on any atom is -0.450 e. The van der Waals surface area contributed by atoms with Crippen molar-refractivity contribution >= 4 is 40.4 Å². The van der Waals surface area contributed by atoms with Gasteiger partial charge in [0.15, 0.2) is 5.76 Å². The van der Waals surface area contributed by atoms with Gasteiger partial charge in [-0.15, -0.1) is 0 Å². The van der Waals surface area contributed by atoms with Crippen LogP contribution in [0.1, 0.15) is 37.6 Å². The third-order valence-electron chi connectivity index (χ3n) is 5.57. The zero-order valence-electron chi connectivity index (χ0n) is 17.9. The van der Waals surface area contributed by atoms with E-state index >= 15 is 0 Å². The minimum absolute atomic E-state index is 0.0164. The number of nitrogens with one attached hydrogen (secondary N) is 1. The van der Waals surface area contributed by atoms with Crippen molar-refractivity contribution in [3.05, 3.63) is 64.4 Å². The maximum absolute atomic E-state index is 13.1. The van der Waals surface area contributed by atoms with Gasteiger partial charge in [0, 0.05) is 29.2 Å². The van der Waals surface area contributed by atoms with Crippen molar-refractivity contribution in [2.24, 2.45) is 5.73 Å². The van der Waals surface area contributed by atoms with Gasteiger partial charge in [0.2, 0.25) is 5.91 Å². The van der Waals surface area contributed by atoms with Crippen molar-refractivity contribution in [3.63, 3.8) is 0 Å². The zero-order chi connectivity index (χ0) is 23.2. The number of nitrogens with zero attached hydrogens (tertiary/aromatic N) is 2. The summed E-state index contributed by atoms with van der Waals surface area (Å²) < 4.78 is 5.83. The lowest BCUT2D eigenvalue weighted by molar-refractivity contribution is -0.125. The number of amides is 5. The molecule has 2 aromatic carbocycles. The van der Waals surface area contributed by atoms with Crippen molar-refractivity contribution in [1.82, 2.24) is 9.80 Å². The summed E-state index contributed by atoms with van der Waals surface area (Å²) >= 11 is 0. The predicted octanol–water partition coefficient (Wildman–Crippen LogP) is 2.79. The number of carbonyl (C=O) groups is 4. The normalized spacial score (nSPS) is 13.8. The van der Waals surface area contributed by atoms with E-state index in [1.165, 1.54) is 24.1 Å². The van der Waals surface area contributed by atoms with Crippen LogP contribution in [0.3, 0.4) is 0 Å². The van der Waals surface area contributed by atoms with Crippen LogP contribution in [0, 0.1) is 13.8 Å². The van der Waals surface area contributed by atoms with E-state index in [9.17, 15) is 19.2 Å². The first-order valence-electron chi connectivity index (χ1n) is 9.95. The summed E-state index contributed by atoms with van der Waals surface area (Å²) in [5, 5.41) is 3.59. The molecule has 3 aromatic rings. The number of fused-ring (bicyclic) bond motifs is 1.